The molecule has 2 aliphatic heterocycles. The van der Waals surface area contributed by atoms with E-state index in [4.69, 9.17) is 4.74 Å². The number of nitrogens with zero attached hydrogens (tertiary/aromatic N) is 3. The average molecular weight is 532 g/mol. The van der Waals surface area contributed by atoms with E-state index in [1.807, 2.05) is 25.2 Å². The van der Waals surface area contributed by atoms with Gasteiger partial charge in [-0.3, -0.25) is 9.69 Å². The molecule has 4 heterocycles. The summed E-state index contributed by atoms with van der Waals surface area (Å²) in [6, 6.07) is 13.1. The summed E-state index contributed by atoms with van der Waals surface area (Å²) in [6.45, 7) is 3.59. The molecule has 0 aliphatic carbocycles. The molecule has 1 saturated heterocycles. The molecule has 0 saturated carbocycles. The van der Waals surface area contributed by atoms with Crippen molar-refractivity contribution < 1.29 is 18.7 Å². The standard InChI is InChI=1S/C28H26FN5O3S/c1-16-13-22(37-18-8-4-3-5-9-18)19(29)14-21(16)34-20-10-11-30-27-23(20)24(32-28(34)36)25(38-27)26(35)31-17-7-6-12-33(2)15-17/h3-5,8-11,13-14,17H,6-7,12,15H2,1-2H3,(H,31,35)(H,32,36). The summed E-state index contributed by atoms with van der Waals surface area (Å²) in [5.41, 5.74) is 2.01. The fraction of sp³-hybridized carbons (Fsp3) is 0.250. The molecule has 4 aromatic rings. The van der Waals surface area contributed by atoms with Gasteiger partial charge < -0.3 is 20.3 Å². The van der Waals surface area contributed by atoms with Gasteiger partial charge in [0.25, 0.3) is 5.91 Å². The molecule has 1 unspecified atom stereocenters. The number of anilines is 3. The number of ether oxygens (including phenoxy) is 1. The Morgan fingerprint density at radius 2 is 2.03 bits per heavy atom. The summed E-state index contributed by atoms with van der Waals surface area (Å²) in [5, 5.41) is 6.66. The van der Waals surface area contributed by atoms with Crippen LogP contribution in [0.2, 0.25) is 0 Å². The van der Waals surface area contributed by atoms with Crippen LogP contribution in [-0.2, 0) is 0 Å². The second kappa shape index (κ2) is 9.70. The molecule has 10 heteroatoms. The Balaban J connectivity index is 1.35. The first-order valence-electron chi connectivity index (χ1n) is 12.4. The van der Waals surface area contributed by atoms with Crippen molar-refractivity contribution in [1.29, 1.82) is 0 Å². The van der Waals surface area contributed by atoms with Crippen LogP contribution in [0.3, 0.4) is 0 Å². The predicted octanol–water partition coefficient (Wildman–Crippen LogP) is 6.04. The zero-order valence-electron chi connectivity index (χ0n) is 21.0. The van der Waals surface area contributed by atoms with Gasteiger partial charge in [-0.05, 0) is 63.2 Å². The average Bonchev–Trinajstić information content (AvgIpc) is 3.27. The molecule has 8 nitrogen and oxygen atoms in total. The van der Waals surface area contributed by atoms with Crippen molar-refractivity contribution >= 4 is 50.6 Å². The predicted molar refractivity (Wildman–Crippen MR) is 146 cm³/mol. The van der Waals surface area contributed by atoms with Gasteiger partial charge in [-0.25, -0.2) is 14.2 Å². The number of likely N-dealkylation sites (N-methyl/N-ethyl adjacent to an activating group) is 1. The fourth-order valence-electron chi connectivity index (χ4n) is 5.10. The molecule has 38 heavy (non-hydrogen) atoms. The first kappa shape index (κ1) is 24.3. The van der Waals surface area contributed by atoms with Gasteiger partial charge in [0.05, 0.1) is 22.4 Å². The molecule has 194 valence electrons. The third kappa shape index (κ3) is 4.35. The molecule has 2 aliphatic rings. The van der Waals surface area contributed by atoms with Crippen molar-refractivity contribution in [1.82, 2.24) is 15.2 Å². The monoisotopic (exact) mass is 531 g/mol. The van der Waals surface area contributed by atoms with Gasteiger partial charge in [0, 0.05) is 24.8 Å². The lowest BCUT2D eigenvalue weighted by molar-refractivity contribution is 0.0917. The van der Waals surface area contributed by atoms with E-state index >= 15 is 4.39 Å². The molecule has 1 fully saturated rings. The van der Waals surface area contributed by atoms with E-state index in [0.29, 0.717) is 43.5 Å². The first-order chi connectivity index (χ1) is 18.4. The SMILES string of the molecule is Cc1cc(Oc2ccccc2)c(F)cc1N1C(=O)Nc2c(C(=O)NC3CCCN(C)C3)sc3nccc1c23. The lowest BCUT2D eigenvalue weighted by Crippen LogP contribution is -2.46. The molecule has 2 aromatic carbocycles. The number of hydrogen-bond acceptors (Lipinski definition) is 6. The van der Waals surface area contributed by atoms with E-state index < -0.39 is 11.8 Å². The zero-order chi connectivity index (χ0) is 26.4. The molecular weight excluding hydrogens is 505 g/mol. The quantitative estimate of drug-likeness (QED) is 0.328. The van der Waals surface area contributed by atoms with Crippen LogP contribution in [0.4, 0.5) is 26.2 Å². The van der Waals surface area contributed by atoms with Gasteiger partial charge >= 0.3 is 6.03 Å². The highest BCUT2D eigenvalue weighted by atomic mass is 32.1. The molecule has 0 spiro atoms. The Labute approximate surface area is 223 Å². The second-order valence-electron chi connectivity index (χ2n) is 9.64. The second-order valence-corrected chi connectivity index (χ2v) is 10.6. The van der Waals surface area contributed by atoms with E-state index in [2.05, 4.69) is 20.5 Å². The Bertz CT molecular complexity index is 1560. The number of amides is 3. The van der Waals surface area contributed by atoms with E-state index in [1.54, 1.807) is 37.4 Å². The highest BCUT2D eigenvalue weighted by Gasteiger charge is 2.34. The van der Waals surface area contributed by atoms with Gasteiger partial charge in [0.2, 0.25) is 0 Å². The van der Waals surface area contributed by atoms with Crippen molar-refractivity contribution in [2.45, 2.75) is 25.8 Å². The number of aryl methyl sites for hydroxylation is 1. The van der Waals surface area contributed by atoms with Crippen LogP contribution in [0.25, 0.3) is 10.2 Å². The van der Waals surface area contributed by atoms with E-state index in [1.165, 1.54) is 22.3 Å². The number of para-hydroxylation sites is 1. The minimum atomic E-state index is -0.596. The number of urea groups is 1. The summed E-state index contributed by atoms with van der Waals surface area (Å²) < 4.78 is 20.9. The number of likely N-dealkylation sites (tertiary alicyclic amines) is 1. The van der Waals surface area contributed by atoms with Crippen molar-refractivity contribution in [2.24, 2.45) is 0 Å². The van der Waals surface area contributed by atoms with Crippen molar-refractivity contribution in [3.8, 4) is 11.5 Å². The number of piperidine rings is 1. The first-order valence-corrected chi connectivity index (χ1v) is 13.3. The Kier molecular flexibility index (Phi) is 6.21. The summed E-state index contributed by atoms with van der Waals surface area (Å²) in [5.74, 6) is -0.245. The molecule has 2 aromatic heterocycles. The van der Waals surface area contributed by atoms with Gasteiger partial charge in [-0.2, -0.15) is 0 Å². The number of nitrogens with one attached hydrogen (secondary N) is 2. The highest BCUT2D eigenvalue weighted by Crippen LogP contribution is 2.47. The maximum atomic E-state index is 15.2. The number of pyridine rings is 1. The lowest BCUT2D eigenvalue weighted by Gasteiger charge is -2.31. The van der Waals surface area contributed by atoms with Crippen LogP contribution in [0.5, 0.6) is 11.5 Å². The molecule has 3 amide bonds. The van der Waals surface area contributed by atoms with E-state index in [0.717, 1.165) is 25.9 Å². The fourth-order valence-corrected chi connectivity index (χ4v) is 6.12. The molecule has 0 bridgehead atoms. The van der Waals surface area contributed by atoms with E-state index in [-0.39, 0.29) is 17.7 Å². The third-order valence-electron chi connectivity index (χ3n) is 6.87. The molecule has 0 radical (unpaired) electrons. The van der Waals surface area contributed by atoms with Crippen LogP contribution in [0, 0.1) is 12.7 Å². The summed E-state index contributed by atoms with van der Waals surface area (Å²) in [6.07, 6.45) is 3.53. The van der Waals surface area contributed by atoms with Crippen LogP contribution in [0.1, 0.15) is 28.1 Å². The Hall–Kier alpha value is -4.02. The van der Waals surface area contributed by atoms with Crippen molar-refractivity contribution in [3.63, 3.8) is 0 Å². The third-order valence-corrected chi connectivity index (χ3v) is 7.97. The summed E-state index contributed by atoms with van der Waals surface area (Å²) >= 11 is 1.24. The molecule has 6 rings (SSSR count). The number of thiophene rings is 1. The summed E-state index contributed by atoms with van der Waals surface area (Å²) in [4.78, 5) is 35.8. The van der Waals surface area contributed by atoms with Gasteiger partial charge in [-0.1, -0.05) is 18.2 Å². The Morgan fingerprint density at radius 3 is 2.82 bits per heavy atom. The van der Waals surface area contributed by atoms with Gasteiger partial charge in [0.15, 0.2) is 11.6 Å². The maximum Gasteiger partial charge on any atom is 0.331 e. The normalized spacial score (nSPS) is 17.4. The molecule has 2 N–H and O–H groups in total. The van der Waals surface area contributed by atoms with E-state index in [9.17, 15) is 9.59 Å². The number of halogens is 1. The Morgan fingerprint density at radius 1 is 1.21 bits per heavy atom. The summed E-state index contributed by atoms with van der Waals surface area (Å²) in [7, 11) is 2.04. The van der Waals surface area contributed by atoms with Crippen molar-refractivity contribution in [3.05, 3.63) is 71.0 Å². The number of rotatable bonds is 5. The van der Waals surface area contributed by atoms with Gasteiger partial charge in [0.1, 0.15) is 15.5 Å². The maximum absolute atomic E-state index is 15.2. The largest absolute Gasteiger partial charge is 0.454 e. The minimum absolute atomic E-state index is 0.0455. The number of carbonyl (C=O) groups excluding carboxylic acids is 2. The number of hydrogen-bond donors (Lipinski definition) is 2. The van der Waals surface area contributed by atoms with Crippen LogP contribution >= 0.6 is 11.3 Å². The van der Waals surface area contributed by atoms with Crippen LogP contribution < -0.4 is 20.3 Å². The van der Waals surface area contributed by atoms with Crippen molar-refractivity contribution in [2.75, 3.05) is 30.4 Å². The minimum Gasteiger partial charge on any atom is -0.454 e. The zero-order valence-corrected chi connectivity index (χ0v) is 21.8. The van der Waals surface area contributed by atoms with Gasteiger partial charge in [-0.15, -0.1) is 11.3 Å². The smallest absolute Gasteiger partial charge is 0.331 e. The number of aromatic nitrogens is 1. The van der Waals surface area contributed by atoms with Crippen LogP contribution in [0.15, 0.2) is 54.7 Å². The lowest BCUT2D eigenvalue weighted by atomic mass is 10.1. The highest BCUT2D eigenvalue weighted by molar-refractivity contribution is 7.21. The molecular formula is C28H26FN5O3S. The number of benzene rings is 2. The van der Waals surface area contributed by atoms with Crippen LogP contribution in [-0.4, -0.2) is 48.0 Å². The molecule has 1 atom stereocenters. The number of carbonyl (C=O) groups is 2. The topological polar surface area (TPSA) is 86.8 Å².